The fourth-order valence-corrected chi connectivity index (χ4v) is 6.95. The predicted octanol–water partition coefficient (Wildman–Crippen LogP) is -1.39. The molecular weight excluding hydrogens is 316 g/mol. The van der Waals surface area contributed by atoms with Crippen molar-refractivity contribution in [2.75, 3.05) is 26.7 Å². The van der Waals surface area contributed by atoms with E-state index >= 15 is 0 Å². The Bertz CT molecular complexity index is 792. The predicted molar refractivity (Wildman–Crippen MR) is 88.2 cm³/mol. The molecule has 2 unspecified atom stereocenters. The van der Waals surface area contributed by atoms with Crippen LogP contribution in [0.5, 0.6) is 0 Å². The molecule has 1 spiro atoms. The fourth-order valence-electron chi connectivity index (χ4n) is 6.95. The van der Waals surface area contributed by atoms with Crippen LogP contribution in [0.2, 0.25) is 0 Å². The molecule has 0 aromatic carbocycles. The molecule has 8 rings (SSSR count). The molecule has 4 fully saturated rings. The van der Waals surface area contributed by atoms with Crippen LogP contribution in [0.3, 0.4) is 0 Å². The molecule has 8 aliphatic heterocycles. The summed E-state index contributed by atoms with van der Waals surface area (Å²) in [6.45, 7) is 3.93. The van der Waals surface area contributed by atoms with Crippen molar-refractivity contribution in [3.05, 3.63) is 37.2 Å². The SMILES string of the molecule is C1=CN2CN3C=CN4C[N+]5=CC=[N+]6CN7C=CN8CN1C2C(C87)(C34)C65. The van der Waals surface area contributed by atoms with Crippen molar-refractivity contribution in [3.63, 3.8) is 0 Å². The van der Waals surface area contributed by atoms with Gasteiger partial charge in [0.05, 0.1) is 13.3 Å². The lowest BCUT2D eigenvalue weighted by atomic mass is 9.68. The first kappa shape index (κ1) is 11.8. The third kappa shape index (κ3) is 1.00. The van der Waals surface area contributed by atoms with E-state index in [4.69, 9.17) is 0 Å². The third-order valence-corrected chi connectivity index (χ3v) is 7.41. The van der Waals surface area contributed by atoms with Gasteiger partial charge in [0.2, 0.25) is 31.2 Å². The summed E-state index contributed by atoms with van der Waals surface area (Å²) in [5.74, 6) is 0. The van der Waals surface area contributed by atoms with Crippen LogP contribution in [0.25, 0.3) is 0 Å². The van der Waals surface area contributed by atoms with E-state index in [2.05, 4.69) is 88.2 Å². The van der Waals surface area contributed by atoms with Crippen molar-refractivity contribution < 1.29 is 9.15 Å². The maximum Gasteiger partial charge on any atom is 0.363 e. The van der Waals surface area contributed by atoms with Gasteiger partial charge in [-0.2, -0.15) is 0 Å². The van der Waals surface area contributed by atoms with E-state index in [9.17, 15) is 0 Å². The molecule has 0 N–H and O–H groups in total. The second kappa shape index (κ2) is 3.36. The van der Waals surface area contributed by atoms with E-state index in [1.54, 1.807) is 0 Å². The number of hydrogen-bond acceptors (Lipinski definition) is 6. The molecule has 8 nitrogen and oxygen atoms in total. The highest BCUT2D eigenvalue weighted by molar-refractivity contribution is 6.11. The van der Waals surface area contributed by atoms with E-state index in [1.165, 1.54) is 0 Å². The Balaban J connectivity index is 1.47. The quantitative estimate of drug-likeness (QED) is 0.505. The molecule has 25 heavy (non-hydrogen) atoms. The van der Waals surface area contributed by atoms with Crippen LogP contribution in [0.4, 0.5) is 0 Å². The minimum atomic E-state index is 0.0625. The Hall–Kier alpha value is -2.64. The van der Waals surface area contributed by atoms with Gasteiger partial charge in [-0.1, -0.05) is 0 Å². The maximum atomic E-state index is 2.56. The van der Waals surface area contributed by atoms with Gasteiger partial charge in [-0.15, -0.1) is 9.15 Å². The molecule has 8 heterocycles. The summed E-state index contributed by atoms with van der Waals surface area (Å²) < 4.78 is 5.12. The highest BCUT2D eigenvalue weighted by atomic mass is 15.7. The summed E-state index contributed by atoms with van der Waals surface area (Å²) in [7, 11) is 0. The molecule has 8 heteroatoms. The number of hydrogen-bond donors (Lipinski definition) is 0. The lowest BCUT2D eigenvalue weighted by Gasteiger charge is -2.66. The molecule has 0 saturated carbocycles. The molecular formula is C17H20N8+2. The fraction of sp³-hybridized carbons (Fsp3) is 0.529. The minimum absolute atomic E-state index is 0.0625. The molecule has 0 aromatic heterocycles. The van der Waals surface area contributed by atoms with Crippen LogP contribution in [0.1, 0.15) is 0 Å². The first-order valence-electron chi connectivity index (χ1n) is 9.15. The second-order valence-electron chi connectivity index (χ2n) is 8.37. The zero-order valence-electron chi connectivity index (χ0n) is 13.8. The molecule has 4 saturated heterocycles. The van der Waals surface area contributed by atoms with Gasteiger partial charge in [-0.05, 0) is 0 Å². The molecule has 8 aliphatic rings. The van der Waals surface area contributed by atoms with Crippen molar-refractivity contribution in [2.45, 2.75) is 24.7 Å². The van der Waals surface area contributed by atoms with Crippen LogP contribution in [-0.2, 0) is 0 Å². The van der Waals surface area contributed by atoms with Crippen LogP contribution < -0.4 is 0 Å². The van der Waals surface area contributed by atoms with Gasteiger partial charge in [-0.25, -0.2) is 0 Å². The lowest BCUT2D eigenvalue weighted by molar-refractivity contribution is -0.820. The van der Waals surface area contributed by atoms with Gasteiger partial charge < -0.3 is 19.6 Å². The summed E-state index contributed by atoms with van der Waals surface area (Å²) >= 11 is 0. The summed E-state index contributed by atoms with van der Waals surface area (Å²) in [5.41, 5.74) is 0.0625. The zero-order chi connectivity index (χ0) is 15.9. The Morgan fingerprint density at radius 2 is 1.00 bits per heavy atom. The first-order valence-corrected chi connectivity index (χ1v) is 9.15. The van der Waals surface area contributed by atoms with Crippen LogP contribution in [0, 0.1) is 5.41 Å². The minimum Gasteiger partial charge on any atom is -0.337 e. The highest BCUT2D eigenvalue weighted by Crippen LogP contribution is 2.58. The van der Waals surface area contributed by atoms with Gasteiger partial charge in [0.1, 0.15) is 18.5 Å². The summed E-state index contributed by atoms with van der Waals surface area (Å²) in [6, 6.07) is 0. The van der Waals surface area contributed by atoms with Gasteiger partial charge in [0, 0.05) is 37.2 Å². The van der Waals surface area contributed by atoms with Gasteiger partial charge in [-0.3, -0.25) is 9.80 Å². The van der Waals surface area contributed by atoms with E-state index in [-0.39, 0.29) is 5.41 Å². The molecule has 0 radical (unpaired) electrons. The Morgan fingerprint density at radius 3 is 1.48 bits per heavy atom. The highest BCUT2D eigenvalue weighted by Gasteiger charge is 2.82. The molecule has 0 aliphatic carbocycles. The van der Waals surface area contributed by atoms with Gasteiger partial charge in [0.25, 0.3) is 0 Å². The summed E-state index contributed by atoms with van der Waals surface area (Å²) in [4.78, 5) is 15.4. The van der Waals surface area contributed by atoms with Crippen molar-refractivity contribution in [2.24, 2.45) is 5.41 Å². The Kier molecular flexibility index (Phi) is 1.59. The van der Waals surface area contributed by atoms with Crippen molar-refractivity contribution in [1.82, 2.24) is 29.4 Å². The summed E-state index contributed by atoms with van der Waals surface area (Å²) in [5, 5.41) is 0. The van der Waals surface area contributed by atoms with Crippen LogP contribution in [0.15, 0.2) is 37.2 Å². The van der Waals surface area contributed by atoms with Crippen LogP contribution >= 0.6 is 0 Å². The summed E-state index contributed by atoms with van der Waals surface area (Å²) in [6.07, 6.45) is 20.1. The average molecular weight is 336 g/mol. The zero-order valence-corrected chi connectivity index (χ0v) is 13.8. The topological polar surface area (TPSA) is 25.5 Å². The standard InChI is InChI=1S/C17H20N8/c1-2-19-10-21-5-6-23-12-25-8-7-24-11-22-4-3-20-9-18(1)13(19)17(14(20)22,15(21)23)16(24)25/h1-8,13-16H,9-12H2/q+2. The van der Waals surface area contributed by atoms with Crippen molar-refractivity contribution in [3.8, 4) is 0 Å². The largest absolute Gasteiger partial charge is 0.363 e. The van der Waals surface area contributed by atoms with E-state index in [0.717, 1.165) is 26.7 Å². The van der Waals surface area contributed by atoms with Crippen molar-refractivity contribution in [1.29, 1.82) is 0 Å². The van der Waals surface area contributed by atoms with Gasteiger partial charge >= 0.3 is 6.17 Å². The smallest absolute Gasteiger partial charge is 0.337 e. The Morgan fingerprint density at radius 1 is 0.600 bits per heavy atom. The lowest BCUT2D eigenvalue weighted by Crippen LogP contribution is -2.87. The molecule has 126 valence electrons. The number of nitrogens with zero attached hydrogens (tertiary/aromatic N) is 8. The van der Waals surface area contributed by atoms with E-state index in [0.29, 0.717) is 24.7 Å². The first-order chi connectivity index (χ1) is 12.4. The Labute approximate surface area is 145 Å². The van der Waals surface area contributed by atoms with Gasteiger partial charge in [0.15, 0.2) is 0 Å². The second-order valence-corrected chi connectivity index (χ2v) is 8.37. The maximum absolute atomic E-state index is 2.56. The monoisotopic (exact) mass is 336 g/mol. The molecule has 2 atom stereocenters. The molecule has 0 bridgehead atoms. The van der Waals surface area contributed by atoms with Crippen molar-refractivity contribution >= 4 is 12.4 Å². The average Bonchev–Trinajstić information content (AvgIpc) is 3.38. The molecule has 0 aromatic rings. The molecule has 0 amide bonds. The van der Waals surface area contributed by atoms with Crippen LogP contribution in [-0.4, -0.2) is 102 Å². The number of rotatable bonds is 0. The normalized spacial score (nSPS) is 45.4. The van der Waals surface area contributed by atoms with E-state index in [1.807, 2.05) is 0 Å². The third-order valence-electron chi connectivity index (χ3n) is 7.41. The van der Waals surface area contributed by atoms with E-state index < -0.39 is 0 Å².